The van der Waals surface area contributed by atoms with Gasteiger partial charge in [0.1, 0.15) is 17.3 Å². The maximum Gasteiger partial charge on any atom is 0.255 e. The van der Waals surface area contributed by atoms with Crippen molar-refractivity contribution in [2.24, 2.45) is 0 Å². The number of hydrogen-bond donors (Lipinski definition) is 1. The van der Waals surface area contributed by atoms with E-state index in [1.54, 1.807) is 10.6 Å². The number of halogens is 1. The van der Waals surface area contributed by atoms with E-state index in [0.717, 1.165) is 12.2 Å². The summed E-state index contributed by atoms with van der Waals surface area (Å²) in [5.74, 6) is 1.26. The van der Waals surface area contributed by atoms with E-state index in [9.17, 15) is 0 Å². The molecule has 0 fully saturated rings. The molecular formula is C15H16ClN5. The summed E-state index contributed by atoms with van der Waals surface area (Å²) < 4.78 is 1.64. The van der Waals surface area contributed by atoms with Crippen molar-refractivity contribution in [3.8, 4) is 0 Å². The van der Waals surface area contributed by atoms with Crippen LogP contribution in [0.2, 0.25) is 5.15 Å². The lowest BCUT2D eigenvalue weighted by Crippen LogP contribution is -2.11. The molecule has 0 saturated heterocycles. The van der Waals surface area contributed by atoms with Gasteiger partial charge in [0.05, 0.1) is 0 Å². The Morgan fingerprint density at radius 2 is 2.05 bits per heavy atom. The number of nitrogens with one attached hydrogen (secondary N) is 1. The average molecular weight is 302 g/mol. The first-order valence-electron chi connectivity index (χ1n) is 6.89. The lowest BCUT2D eigenvalue weighted by atomic mass is 10.1. The first kappa shape index (κ1) is 13.8. The molecule has 0 radical (unpaired) electrons. The molecule has 0 aliphatic heterocycles. The minimum atomic E-state index is 0.127. The second kappa shape index (κ2) is 5.69. The van der Waals surface area contributed by atoms with Gasteiger partial charge < -0.3 is 5.32 Å². The van der Waals surface area contributed by atoms with Crippen molar-refractivity contribution < 1.29 is 0 Å². The molecule has 1 unspecified atom stereocenters. The van der Waals surface area contributed by atoms with Crippen molar-refractivity contribution in [1.82, 2.24) is 19.6 Å². The van der Waals surface area contributed by atoms with E-state index in [4.69, 9.17) is 11.6 Å². The normalized spacial score (nSPS) is 12.5. The molecule has 0 amide bonds. The molecule has 1 aromatic carbocycles. The lowest BCUT2D eigenvalue weighted by molar-refractivity contribution is 0.839. The molecule has 1 N–H and O–H groups in total. The number of rotatable bonds is 4. The van der Waals surface area contributed by atoms with Crippen LogP contribution in [0.25, 0.3) is 5.78 Å². The van der Waals surface area contributed by atoms with E-state index in [2.05, 4.69) is 58.5 Å². The number of anilines is 1. The summed E-state index contributed by atoms with van der Waals surface area (Å²) in [6.07, 6.45) is 2.51. The van der Waals surface area contributed by atoms with Gasteiger partial charge in [-0.1, -0.05) is 42.8 Å². The highest BCUT2D eigenvalue weighted by atomic mass is 35.5. The monoisotopic (exact) mass is 301 g/mol. The highest BCUT2D eigenvalue weighted by molar-refractivity contribution is 6.29. The Bertz CT molecular complexity index is 750. The maximum absolute atomic E-state index is 6.02. The Morgan fingerprint density at radius 1 is 1.29 bits per heavy atom. The standard InChI is InChI=1S/C15H16ClN5/c1-3-11-4-6-12(7-5-11)10(2)19-14-8-13(16)20-15-17-9-18-21(14)15/h4-10,19H,3H2,1-2H3. The molecule has 0 aliphatic carbocycles. The molecule has 6 heteroatoms. The van der Waals surface area contributed by atoms with E-state index in [-0.39, 0.29) is 6.04 Å². The van der Waals surface area contributed by atoms with E-state index < -0.39 is 0 Å². The second-order valence-corrected chi connectivity index (χ2v) is 5.28. The minimum absolute atomic E-state index is 0.127. The number of aryl methyl sites for hydroxylation is 1. The van der Waals surface area contributed by atoms with Crippen LogP contribution in [0.4, 0.5) is 5.82 Å². The number of nitrogens with zero attached hydrogens (tertiary/aromatic N) is 4. The van der Waals surface area contributed by atoms with Crippen molar-refractivity contribution in [3.05, 3.63) is 52.9 Å². The molecule has 2 aromatic heterocycles. The van der Waals surface area contributed by atoms with Gasteiger partial charge in [0.25, 0.3) is 5.78 Å². The first-order chi connectivity index (χ1) is 10.2. The predicted octanol–water partition coefficient (Wildman–Crippen LogP) is 3.51. The van der Waals surface area contributed by atoms with Gasteiger partial charge in [-0.15, -0.1) is 0 Å². The fourth-order valence-electron chi connectivity index (χ4n) is 2.23. The number of hydrogen-bond acceptors (Lipinski definition) is 4. The minimum Gasteiger partial charge on any atom is -0.363 e. The summed E-state index contributed by atoms with van der Waals surface area (Å²) in [7, 11) is 0. The molecule has 0 spiro atoms. The highest BCUT2D eigenvalue weighted by Gasteiger charge is 2.10. The Hall–Kier alpha value is -2.14. The summed E-state index contributed by atoms with van der Waals surface area (Å²) in [5.41, 5.74) is 2.53. The smallest absolute Gasteiger partial charge is 0.255 e. The van der Waals surface area contributed by atoms with Gasteiger partial charge in [0, 0.05) is 12.1 Å². The van der Waals surface area contributed by atoms with Crippen molar-refractivity contribution in [3.63, 3.8) is 0 Å². The van der Waals surface area contributed by atoms with Crippen LogP contribution in [0.5, 0.6) is 0 Å². The van der Waals surface area contributed by atoms with Crippen molar-refractivity contribution in [2.75, 3.05) is 5.32 Å². The second-order valence-electron chi connectivity index (χ2n) is 4.90. The van der Waals surface area contributed by atoms with Gasteiger partial charge in [0.2, 0.25) is 0 Å². The van der Waals surface area contributed by atoms with Crippen LogP contribution in [-0.2, 0) is 6.42 Å². The molecule has 0 bridgehead atoms. The van der Waals surface area contributed by atoms with E-state index in [1.165, 1.54) is 17.5 Å². The van der Waals surface area contributed by atoms with Gasteiger partial charge in [-0.05, 0) is 24.5 Å². The summed E-state index contributed by atoms with van der Waals surface area (Å²) in [6, 6.07) is 10.5. The van der Waals surface area contributed by atoms with Crippen LogP contribution >= 0.6 is 11.6 Å². The Labute approximate surface area is 128 Å². The van der Waals surface area contributed by atoms with E-state index in [1.807, 2.05) is 0 Å². The van der Waals surface area contributed by atoms with Gasteiger partial charge in [-0.25, -0.2) is 0 Å². The topological polar surface area (TPSA) is 55.1 Å². The van der Waals surface area contributed by atoms with Crippen molar-refractivity contribution in [1.29, 1.82) is 0 Å². The number of benzene rings is 1. The van der Waals surface area contributed by atoms with Crippen LogP contribution < -0.4 is 5.32 Å². The predicted molar refractivity (Wildman–Crippen MR) is 83.6 cm³/mol. The van der Waals surface area contributed by atoms with Gasteiger partial charge in [-0.2, -0.15) is 19.6 Å². The third-order valence-corrected chi connectivity index (χ3v) is 3.67. The van der Waals surface area contributed by atoms with E-state index >= 15 is 0 Å². The van der Waals surface area contributed by atoms with Crippen molar-refractivity contribution >= 4 is 23.2 Å². The molecule has 1 atom stereocenters. The van der Waals surface area contributed by atoms with Gasteiger partial charge >= 0.3 is 0 Å². The van der Waals surface area contributed by atoms with Crippen LogP contribution in [0.1, 0.15) is 31.0 Å². The molecule has 21 heavy (non-hydrogen) atoms. The molecule has 0 saturated carbocycles. The number of aromatic nitrogens is 4. The average Bonchev–Trinajstić information content (AvgIpc) is 2.95. The Morgan fingerprint density at radius 3 is 2.76 bits per heavy atom. The van der Waals surface area contributed by atoms with Crippen LogP contribution in [-0.4, -0.2) is 19.6 Å². The fraction of sp³-hybridized carbons (Fsp3) is 0.267. The maximum atomic E-state index is 6.02. The third kappa shape index (κ3) is 2.83. The summed E-state index contributed by atoms with van der Waals surface area (Å²) >= 11 is 6.02. The molecule has 3 rings (SSSR count). The largest absolute Gasteiger partial charge is 0.363 e. The number of fused-ring (bicyclic) bond motifs is 1. The molecule has 2 heterocycles. The van der Waals surface area contributed by atoms with E-state index in [0.29, 0.717) is 10.9 Å². The van der Waals surface area contributed by atoms with Crippen LogP contribution in [0.3, 0.4) is 0 Å². The molecule has 3 aromatic rings. The fourth-order valence-corrected chi connectivity index (χ4v) is 2.41. The zero-order valence-electron chi connectivity index (χ0n) is 11.9. The molecule has 108 valence electrons. The zero-order chi connectivity index (χ0) is 14.8. The summed E-state index contributed by atoms with van der Waals surface area (Å²) in [4.78, 5) is 8.17. The van der Waals surface area contributed by atoms with Crippen LogP contribution in [0, 0.1) is 0 Å². The molecular weight excluding hydrogens is 286 g/mol. The first-order valence-corrected chi connectivity index (χ1v) is 7.27. The lowest BCUT2D eigenvalue weighted by Gasteiger charge is -2.16. The Kier molecular flexibility index (Phi) is 3.75. The SMILES string of the molecule is CCc1ccc(C(C)Nc2cc(Cl)nc3ncnn23)cc1. The summed E-state index contributed by atoms with van der Waals surface area (Å²) in [6.45, 7) is 4.25. The van der Waals surface area contributed by atoms with Gasteiger partial charge in [0.15, 0.2) is 0 Å². The Balaban J connectivity index is 1.88. The molecule has 5 nitrogen and oxygen atoms in total. The van der Waals surface area contributed by atoms with Crippen LogP contribution in [0.15, 0.2) is 36.7 Å². The quantitative estimate of drug-likeness (QED) is 0.749. The highest BCUT2D eigenvalue weighted by Crippen LogP contribution is 2.21. The van der Waals surface area contributed by atoms with Crippen molar-refractivity contribution in [2.45, 2.75) is 26.3 Å². The summed E-state index contributed by atoms with van der Waals surface area (Å²) in [5, 5.41) is 7.95. The zero-order valence-corrected chi connectivity index (χ0v) is 12.7. The third-order valence-electron chi connectivity index (χ3n) is 3.47. The van der Waals surface area contributed by atoms with Gasteiger partial charge in [-0.3, -0.25) is 0 Å². The molecule has 0 aliphatic rings.